The topological polar surface area (TPSA) is 67.2 Å². The highest BCUT2D eigenvalue weighted by atomic mass is 16.2. The molecule has 21 heavy (non-hydrogen) atoms. The van der Waals surface area contributed by atoms with E-state index < -0.39 is 0 Å². The lowest BCUT2D eigenvalue weighted by Gasteiger charge is -2.26. The Labute approximate surface area is 124 Å². The largest absolute Gasteiger partial charge is 0.365 e. The Hall–Kier alpha value is -1.85. The molecule has 6 heteroatoms. The minimum Gasteiger partial charge on any atom is -0.365 e. The molecule has 0 bridgehead atoms. The summed E-state index contributed by atoms with van der Waals surface area (Å²) in [5, 5.41) is 3.01. The van der Waals surface area contributed by atoms with Gasteiger partial charge in [-0.05, 0) is 32.1 Å². The van der Waals surface area contributed by atoms with Crippen LogP contribution in [0.15, 0.2) is 17.2 Å². The number of amides is 1. The van der Waals surface area contributed by atoms with Crippen LogP contribution in [0.3, 0.4) is 0 Å². The van der Waals surface area contributed by atoms with Crippen LogP contribution in [-0.4, -0.2) is 40.0 Å². The van der Waals surface area contributed by atoms with E-state index in [0.717, 1.165) is 38.8 Å². The molecule has 0 spiro atoms. The molecule has 114 valence electrons. The van der Waals surface area contributed by atoms with E-state index in [2.05, 4.69) is 10.3 Å². The van der Waals surface area contributed by atoms with Crippen LogP contribution in [0, 0.1) is 0 Å². The Morgan fingerprint density at radius 3 is 2.76 bits per heavy atom. The number of nitrogens with one attached hydrogen (secondary N) is 1. The summed E-state index contributed by atoms with van der Waals surface area (Å²) in [7, 11) is 0. The summed E-state index contributed by atoms with van der Waals surface area (Å²) in [5.41, 5.74) is -0.0783. The molecule has 2 aliphatic rings. The van der Waals surface area contributed by atoms with Crippen molar-refractivity contribution in [1.82, 2.24) is 14.5 Å². The Morgan fingerprint density at radius 1 is 1.29 bits per heavy atom. The van der Waals surface area contributed by atoms with Gasteiger partial charge >= 0.3 is 0 Å². The zero-order valence-electron chi connectivity index (χ0n) is 12.3. The minimum atomic E-state index is -0.0783. The van der Waals surface area contributed by atoms with Gasteiger partial charge in [-0.15, -0.1) is 0 Å². The van der Waals surface area contributed by atoms with E-state index >= 15 is 0 Å². The van der Waals surface area contributed by atoms with Gasteiger partial charge in [0.15, 0.2) is 5.82 Å². The fraction of sp³-hybridized carbons (Fsp3) is 0.667. The van der Waals surface area contributed by atoms with Gasteiger partial charge in [-0.25, -0.2) is 4.98 Å². The maximum Gasteiger partial charge on any atom is 0.293 e. The Kier molecular flexibility index (Phi) is 4.22. The normalized spacial score (nSPS) is 18.6. The third-order valence-corrected chi connectivity index (χ3v) is 4.15. The lowest BCUT2D eigenvalue weighted by atomic mass is 10.1. The molecule has 1 amide bonds. The third kappa shape index (κ3) is 3.43. The quantitative estimate of drug-likeness (QED) is 0.890. The first-order valence-corrected chi connectivity index (χ1v) is 7.84. The van der Waals surface area contributed by atoms with Gasteiger partial charge in [0.1, 0.15) is 0 Å². The summed E-state index contributed by atoms with van der Waals surface area (Å²) in [6, 6.07) is 0.344. The average molecular weight is 290 g/mol. The van der Waals surface area contributed by atoms with Gasteiger partial charge in [0.05, 0.1) is 0 Å². The van der Waals surface area contributed by atoms with Crippen molar-refractivity contribution in [2.45, 2.75) is 44.6 Å². The fourth-order valence-corrected chi connectivity index (χ4v) is 2.78. The summed E-state index contributed by atoms with van der Waals surface area (Å²) in [6.45, 7) is 2.21. The molecular weight excluding hydrogens is 268 g/mol. The van der Waals surface area contributed by atoms with E-state index in [1.807, 2.05) is 4.90 Å². The molecule has 3 rings (SSSR count). The number of rotatable bonds is 5. The molecule has 0 radical (unpaired) electrons. The second-order valence-electron chi connectivity index (χ2n) is 5.84. The number of piperidine rings is 1. The van der Waals surface area contributed by atoms with Crippen molar-refractivity contribution >= 4 is 11.7 Å². The molecule has 0 aromatic carbocycles. The molecule has 1 aliphatic carbocycles. The molecule has 0 unspecified atom stereocenters. The van der Waals surface area contributed by atoms with Crippen molar-refractivity contribution in [2.75, 3.05) is 25.0 Å². The van der Waals surface area contributed by atoms with Gasteiger partial charge in [-0.2, -0.15) is 0 Å². The first-order valence-electron chi connectivity index (χ1n) is 7.84. The van der Waals surface area contributed by atoms with Crippen LogP contribution in [-0.2, 0) is 4.79 Å². The summed E-state index contributed by atoms with van der Waals surface area (Å²) >= 11 is 0. The lowest BCUT2D eigenvalue weighted by molar-refractivity contribution is -0.131. The van der Waals surface area contributed by atoms with Gasteiger partial charge in [0, 0.05) is 44.5 Å². The summed E-state index contributed by atoms with van der Waals surface area (Å²) in [6.07, 6.45) is 9.36. The molecule has 1 saturated heterocycles. The van der Waals surface area contributed by atoms with Crippen molar-refractivity contribution in [2.24, 2.45) is 0 Å². The summed E-state index contributed by atoms with van der Waals surface area (Å²) in [5.74, 6) is 0.525. The van der Waals surface area contributed by atoms with E-state index in [1.165, 1.54) is 6.42 Å². The Balaban J connectivity index is 1.52. The predicted octanol–water partition coefficient (Wildman–Crippen LogP) is 1.39. The molecule has 6 nitrogen and oxygen atoms in total. The number of aromatic nitrogens is 2. The van der Waals surface area contributed by atoms with Crippen LogP contribution in [0.25, 0.3) is 0 Å². The van der Waals surface area contributed by atoms with Crippen molar-refractivity contribution < 1.29 is 4.79 Å². The number of hydrogen-bond acceptors (Lipinski definition) is 4. The van der Waals surface area contributed by atoms with Crippen molar-refractivity contribution in [3.8, 4) is 0 Å². The second kappa shape index (κ2) is 6.28. The van der Waals surface area contributed by atoms with E-state index in [1.54, 1.807) is 17.0 Å². The van der Waals surface area contributed by atoms with Gasteiger partial charge in [0.25, 0.3) is 5.56 Å². The SMILES string of the molecule is O=C(CCNc1nccn(C2CC2)c1=O)N1CCCCC1. The van der Waals surface area contributed by atoms with E-state index in [9.17, 15) is 9.59 Å². The number of hydrogen-bond donors (Lipinski definition) is 1. The summed E-state index contributed by atoms with van der Waals surface area (Å²) in [4.78, 5) is 30.2. The van der Waals surface area contributed by atoms with Crippen LogP contribution in [0.4, 0.5) is 5.82 Å². The number of carbonyl (C=O) groups excluding carboxylic acids is 1. The first-order chi connectivity index (χ1) is 10.3. The van der Waals surface area contributed by atoms with Crippen molar-refractivity contribution in [3.63, 3.8) is 0 Å². The highest BCUT2D eigenvalue weighted by Crippen LogP contribution is 2.33. The van der Waals surface area contributed by atoms with E-state index in [-0.39, 0.29) is 11.5 Å². The second-order valence-corrected chi connectivity index (χ2v) is 5.84. The van der Waals surface area contributed by atoms with Crippen LogP contribution >= 0.6 is 0 Å². The van der Waals surface area contributed by atoms with Gasteiger partial charge < -0.3 is 14.8 Å². The molecule has 1 saturated carbocycles. The first kappa shape index (κ1) is 14.1. The van der Waals surface area contributed by atoms with Gasteiger partial charge in [0.2, 0.25) is 5.91 Å². The lowest BCUT2D eigenvalue weighted by Crippen LogP contribution is -2.36. The number of anilines is 1. The highest BCUT2D eigenvalue weighted by Gasteiger charge is 2.25. The zero-order valence-corrected chi connectivity index (χ0v) is 12.3. The third-order valence-electron chi connectivity index (χ3n) is 4.15. The van der Waals surface area contributed by atoms with Crippen LogP contribution < -0.4 is 10.9 Å². The molecule has 1 aromatic rings. The number of likely N-dealkylation sites (tertiary alicyclic amines) is 1. The Morgan fingerprint density at radius 2 is 2.05 bits per heavy atom. The monoisotopic (exact) mass is 290 g/mol. The smallest absolute Gasteiger partial charge is 0.293 e. The van der Waals surface area contributed by atoms with Crippen molar-refractivity contribution in [1.29, 1.82) is 0 Å². The van der Waals surface area contributed by atoms with Crippen LogP contribution in [0.1, 0.15) is 44.6 Å². The molecule has 2 fully saturated rings. The zero-order chi connectivity index (χ0) is 14.7. The van der Waals surface area contributed by atoms with E-state index in [4.69, 9.17) is 0 Å². The van der Waals surface area contributed by atoms with Gasteiger partial charge in [-0.1, -0.05) is 0 Å². The Bertz CT molecular complexity index is 559. The van der Waals surface area contributed by atoms with Crippen LogP contribution in [0.2, 0.25) is 0 Å². The van der Waals surface area contributed by atoms with E-state index in [0.29, 0.717) is 24.8 Å². The number of nitrogens with zero attached hydrogens (tertiary/aromatic N) is 3. The average Bonchev–Trinajstić information content (AvgIpc) is 3.34. The molecule has 2 heterocycles. The molecule has 1 N–H and O–H groups in total. The highest BCUT2D eigenvalue weighted by molar-refractivity contribution is 5.76. The molecule has 0 atom stereocenters. The maximum absolute atomic E-state index is 12.2. The fourth-order valence-electron chi connectivity index (χ4n) is 2.78. The van der Waals surface area contributed by atoms with Crippen LogP contribution in [0.5, 0.6) is 0 Å². The standard InChI is InChI=1S/C15H22N4O2/c20-13(18-9-2-1-3-10-18)6-7-16-14-15(21)19(11-8-17-14)12-4-5-12/h8,11-12H,1-7,9-10H2,(H,16,17). The predicted molar refractivity (Wildman–Crippen MR) is 80.3 cm³/mol. The molecule has 1 aromatic heterocycles. The molecule has 1 aliphatic heterocycles. The number of carbonyl (C=O) groups is 1. The maximum atomic E-state index is 12.2. The van der Waals surface area contributed by atoms with Gasteiger partial charge in [-0.3, -0.25) is 9.59 Å². The summed E-state index contributed by atoms with van der Waals surface area (Å²) < 4.78 is 1.74. The van der Waals surface area contributed by atoms with Crippen molar-refractivity contribution in [3.05, 3.63) is 22.7 Å². The molecular formula is C15H22N4O2. The minimum absolute atomic E-state index is 0.0783.